The van der Waals surface area contributed by atoms with Crippen LogP contribution in [-0.2, 0) is 19.1 Å². The van der Waals surface area contributed by atoms with Gasteiger partial charge in [0.15, 0.2) is 11.1 Å². The van der Waals surface area contributed by atoms with E-state index < -0.39 is 23.0 Å². The molecule has 0 saturated heterocycles. The fraction of sp³-hybridized carbons (Fsp3) is 0.571. The van der Waals surface area contributed by atoms with Crippen LogP contribution in [-0.4, -0.2) is 36.2 Å². The molecule has 0 spiro atoms. The zero-order valence-corrected chi connectivity index (χ0v) is 12.5. The van der Waals surface area contributed by atoms with Crippen LogP contribution in [0, 0.1) is 0 Å². The maximum Gasteiger partial charge on any atom is 0.335 e. The first kappa shape index (κ1) is 18.0. The van der Waals surface area contributed by atoms with E-state index in [9.17, 15) is 9.59 Å². The van der Waals surface area contributed by atoms with Gasteiger partial charge in [-0.3, -0.25) is 0 Å². The Kier molecular flexibility index (Phi) is 6.82. The second-order valence-corrected chi connectivity index (χ2v) is 5.09. The summed E-state index contributed by atoms with van der Waals surface area (Å²) >= 11 is 0. The summed E-state index contributed by atoms with van der Waals surface area (Å²) in [6, 6.07) is 0. The summed E-state index contributed by atoms with van der Waals surface area (Å²) in [6.45, 7) is 13.3. The minimum absolute atomic E-state index is 0.0998. The maximum absolute atomic E-state index is 11.7. The van der Waals surface area contributed by atoms with E-state index in [0.717, 1.165) is 0 Å². The molecule has 0 aromatic rings. The summed E-state index contributed by atoms with van der Waals surface area (Å²) in [7, 11) is 0. The maximum atomic E-state index is 11.7. The molecular weight excluding hydrogens is 260 g/mol. The van der Waals surface area contributed by atoms with Gasteiger partial charge < -0.3 is 9.47 Å². The van der Waals surface area contributed by atoms with Gasteiger partial charge in [0, 0.05) is 0 Å². The van der Waals surface area contributed by atoms with Crippen LogP contribution in [0.1, 0.15) is 27.7 Å². The van der Waals surface area contributed by atoms with Crippen molar-refractivity contribution in [2.75, 3.05) is 13.2 Å². The average molecular weight is 282 g/mol. The third kappa shape index (κ3) is 5.77. The lowest BCUT2D eigenvalue weighted by molar-refractivity contribution is -0.149. The molecule has 0 heterocycles. The lowest BCUT2D eigenvalue weighted by atomic mass is 10.1. The summed E-state index contributed by atoms with van der Waals surface area (Å²) in [6.07, 6.45) is 2.92. The van der Waals surface area contributed by atoms with Gasteiger partial charge in [-0.25, -0.2) is 9.59 Å². The Morgan fingerprint density at radius 1 is 0.900 bits per heavy atom. The summed E-state index contributed by atoms with van der Waals surface area (Å²) in [5.41, 5.74) is -2.36. The van der Waals surface area contributed by atoms with Gasteiger partial charge in [0.1, 0.15) is 13.2 Å². The second-order valence-electron chi connectivity index (χ2n) is 5.09. The average Bonchev–Trinajstić information content (AvgIpc) is 2.39. The summed E-state index contributed by atoms with van der Waals surface area (Å²) < 4.78 is 9.81. The molecule has 6 heteroatoms. The standard InChI is InChI=1S/C14H22N2O4/c1-7-9-19-11(17)13(3,4)15-16-14(5,6)12(18)20-10-8-2/h7-8H,1-2,9-10H2,3-6H3/b16-15+. The molecule has 0 aliphatic rings. The van der Waals surface area contributed by atoms with E-state index in [0.29, 0.717) is 0 Å². The van der Waals surface area contributed by atoms with E-state index in [1.54, 1.807) is 27.7 Å². The Morgan fingerprint density at radius 2 is 1.20 bits per heavy atom. The highest BCUT2D eigenvalue weighted by molar-refractivity contribution is 5.81. The normalized spacial score (nSPS) is 12.0. The molecule has 0 aromatic heterocycles. The van der Waals surface area contributed by atoms with E-state index in [2.05, 4.69) is 23.4 Å². The number of ether oxygens (including phenoxy) is 2. The lowest BCUT2D eigenvalue weighted by Crippen LogP contribution is -2.35. The van der Waals surface area contributed by atoms with Crippen LogP contribution in [0.15, 0.2) is 35.5 Å². The van der Waals surface area contributed by atoms with Crippen LogP contribution < -0.4 is 0 Å². The minimum Gasteiger partial charge on any atom is -0.460 e. The number of rotatable bonds is 8. The Hall–Kier alpha value is -1.98. The molecule has 0 aliphatic heterocycles. The number of esters is 2. The number of carbonyl (C=O) groups is 2. The molecule has 0 aliphatic carbocycles. The number of azo groups is 1. The smallest absolute Gasteiger partial charge is 0.335 e. The van der Waals surface area contributed by atoms with E-state index >= 15 is 0 Å². The SMILES string of the molecule is C=CCOC(=O)C(C)(C)/N=N/C(C)(C)C(=O)OCC=C. The Balaban J connectivity index is 4.79. The van der Waals surface area contributed by atoms with Gasteiger partial charge in [0.25, 0.3) is 0 Å². The molecule has 6 nitrogen and oxygen atoms in total. The molecule has 0 saturated carbocycles. The van der Waals surface area contributed by atoms with E-state index in [4.69, 9.17) is 9.47 Å². The molecule has 112 valence electrons. The quantitative estimate of drug-likeness (QED) is 0.389. The Labute approximate surface area is 119 Å². The van der Waals surface area contributed by atoms with E-state index in [1.807, 2.05) is 0 Å². The van der Waals surface area contributed by atoms with Crippen LogP contribution in [0.25, 0.3) is 0 Å². The monoisotopic (exact) mass is 282 g/mol. The predicted octanol–water partition coefficient (Wildman–Crippen LogP) is 2.45. The molecular formula is C14H22N2O4. The van der Waals surface area contributed by atoms with Crippen molar-refractivity contribution in [1.82, 2.24) is 0 Å². The predicted molar refractivity (Wildman–Crippen MR) is 75.3 cm³/mol. The van der Waals surface area contributed by atoms with Crippen LogP contribution in [0.2, 0.25) is 0 Å². The molecule has 20 heavy (non-hydrogen) atoms. The van der Waals surface area contributed by atoms with Crippen molar-refractivity contribution < 1.29 is 19.1 Å². The topological polar surface area (TPSA) is 77.3 Å². The first-order chi connectivity index (χ1) is 9.17. The highest BCUT2D eigenvalue weighted by Gasteiger charge is 2.33. The van der Waals surface area contributed by atoms with Gasteiger partial charge in [-0.1, -0.05) is 25.3 Å². The van der Waals surface area contributed by atoms with Crippen LogP contribution in [0.4, 0.5) is 0 Å². The number of hydrogen-bond acceptors (Lipinski definition) is 6. The van der Waals surface area contributed by atoms with Crippen LogP contribution >= 0.6 is 0 Å². The van der Waals surface area contributed by atoms with E-state index in [-0.39, 0.29) is 13.2 Å². The Bertz CT molecular complexity index is 373. The van der Waals surface area contributed by atoms with Gasteiger partial charge in [0.05, 0.1) is 0 Å². The van der Waals surface area contributed by atoms with Crippen molar-refractivity contribution in [2.24, 2.45) is 10.2 Å². The lowest BCUT2D eigenvalue weighted by Gasteiger charge is -2.20. The third-order valence-electron chi connectivity index (χ3n) is 2.21. The molecule has 0 amide bonds. The minimum atomic E-state index is -1.18. The van der Waals surface area contributed by atoms with Crippen LogP contribution in [0.3, 0.4) is 0 Å². The zero-order valence-electron chi connectivity index (χ0n) is 12.5. The van der Waals surface area contributed by atoms with Gasteiger partial charge in [-0.05, 0) is 27.7 Å². The first-order valence-corrected chi connectivity index (χ1v) is 6.17. The molecule has 0 fully saturated rings. The fourth-order valence-corrected chi connectivity index (χ4v) is 0.954. The van der Waals surface area contributed by atoms with Gasteiger partial charge in [-0.2, -0.15) is 10.2 Å². The Morgan fingerprint density at radius 3 is 1.45 bits per heavy atom. The molecule has 0 N–H and O–H groups in total. The molecule has 0 atom stereocenters. The van der Waals surface area contributed by atoms with Crippen molar-refractivity contribution in [1.29, 1.82) is 0 Å². The molecule has 0 aromatic carbocycles. The third-order valence-corrected chi connectivity index (χ3v) is 2.21. The molecule has 0 radical (unpaired) electrons. The zero-order chi connectivity index (χ0) is 15.8. The number of carbonyl (C=O) groups excluding carboxylic acids is 2. The summed E-state index contributed by atoms with van der Waals surface area (Å²) in [4.78, 5) is 23.5. The summed E-state index contributed by atoms with van der Waals surface area (Å²) in [5, 5.41) is 7.80. The summed E-state index contributed by atoms with van der Waals surface area (Å²) in [5.74, 6) is -1.09. The number of nitrogens with zero attached hydrogens (tertiary/aromatic N) is 2. The van der Waals surface area contributed by atoms with Crippen molar-refractivity contribution in [3.05, 3.63) is 25.3 Å². The molecule has 0 rings (SSSR count). The van der Waals surface area contributed by atoms with Gasteiger partial charge in [0.2, 0.25) is 0 Å². The fourth-order valence-electron chi connectivity index (χ4n) is 0.954. The van der Waals surface area contributed by atoms with Crippen molar-refractivity contribution >= 4 is 11.9 Å². The second kappa shape index (κ2) is 7.57. The number of hydrogen-bond donors (Lipinski definition) is 0. The highest BCUT2D eigenvalue weighted by Crippen LogP contribution is 2.18. The van der Waals surface area contributed by atoms with Crippen molar-refractivity contribution in [3.63, 3.8) is 0 Å². The largest absolute Gasteiger partial charge is 0.460 e. The van der Waals surface area contributed by atoms with Gasteiger partial charge in [-0.15, -0.1) is 0 Å². The highest BCUT2D eigenvalue weighted by atomic mass is 16.5. The molecule has 0 bridgehead atoms. The van der Waals surface area contributed by atoms with E-state index in [1.165, 1.54) is 12.2 Å². The van der Waals surface area contributed by atoms with Crippen molar-refractivity contribution in [3.8, 4) is 0 Å². The van der Waals surface area contributed by atoms with Crippen LogP contribution in [0.5, 0.6) is 0 Å². The van der Waals surface area contributed by atoms with Crippen molar-refractivity contribution in [2.45, 2.75) is 38.8 Å². The first-order valence-electron chi connectivity index (χ1n) is 6.17. The molecule has 0 unspecified atom stereocenters. The van der Waals surface area contributed by atoms with Gasteiger partial charge >= 0.3 is 11.9 Å².